The van der Waals surface area contributed by atoms with Crippen LogP contribution in [0, 0.1) is 0 Å². The van der Waals surface area contributed by atoms with Crippen molar-refractivity contribution < 1.29 is 0 Å². The third kappa shape index (κ3) is 0.357. The zero-order valence-corrected chi connectivity index (χ0v) is 3.37. The molecule has 0 saturated heterocycles. The lowest BCUT2D eigenvalue weighted by atomic mass is 11.4. The first-order valence-corrected chi connectivity index (χ1v) is 1.56. The molecule has 1 aromatic heterocycles. The van der Waals surface area contributed by atoms with Crippen molar-refractivity contribution >= 4 is 0 Å². The molecule has 6 heavy (non-hydrogen) atoms. The number of aromatic nitrogens is 4. The molecule has 4 heteroatoms. The van der Waals surface area contributed by atoms with E-state index < -0.39 is 0 Å². The molecule has 0 aromatic carbocycles. The van der Waals surface area contributed by atoms with E-state index in [1.807, 2.05) is 0 Å². The normalized spacial score (nSPS) is 8.83. The average molecular weight is 84.1 g/mol. The molecule has 0 unspecified atom stereocenters. The molecule has 1 rings (SSSR count). The molecule has 0 N–H and O–H groups in total. The molecule has 1 aromatic rings. The molecular weight excluding hydrogens is 80.1 g/mol. The van der Waals surface area contributed by atoms with Gasteiger partial charge in [-0.3, -0.25) is 0 Å². The lowest BCUT2D eigenvalue weighted by molar-refractivity contribution is 0.630. The van der Waals surface area contributed by atoms with Crippen molar-refractivity contribution in [3.63, 3.8) is 0 Å². The second-order valence-electron chi connectivity index (χ2n) is 0.925. The van der Waals surface area contributed by atoms with Gasteiger partial charge in [-0.15, -0.1) is 10.2 Å². The Labute approximate surface area is 34.8 Å². The van der Waals surface area contributed by atoms with Crippen LogP contribution in [0.2, 0.25) is 0 Å². The first-order chi connectivity index (χ1) is 2.89. The van der Waals surface area contributed by atoms with E-state index in [-0.39, 0.29) is 0 Å². The maximum Gasteiger partial charge on any atom is 0.162 e. The third-order valence-electron chi connectivity index (χ3n) is 0.451. The predicted molar refractivity (Wildman–Crippen MR) is 18.8 cm³/mol. The van der Waals surface area contributed by atoms with Crippen LogP contribution in [0.25, 0.3) is 0 Å². The summed E-state index contributed by atoms with van der Waals surface area (Å²) < 4.78 is 0. The van der Waals surface area contributed by atoms with Crippen LogP contribution in [0.15, 0.2) is 6.33 Å². The van der Waals surface area contributed by atoms with Crippen LogP contribution < -0.4 is 0 Å². The van der Waals surface area contributed by atoms with Gasteiger partial charge in [0.25, 0.3) is 0 Å². The van der Waals surface area contributed by atoms with Gasteiger partial charge in [0.15, 0.2) is 6.33 Å². The summed E-state index contributed by atoms with van der Waals surface area (Å²) in [4.78, 5) is 1.39. The van der Waals surface area contributed by atoms with Crippen molar-refractivity contribution in [1.82, 2.24) is 20.2 Å². The fourth-order valence-corrected chi connectivity index (χ4v) is 0.219. The number of hydrogen-bond acceptors (Lipinski definition) is 3. The molecule has 0 saturated carbocycles. The van der Waals surface area contributed by atoms with Crippen molar-refractivity contribution in [1.29, 1.82) is 0 Å². The fourth-order valence-electron chi connectivity index (χ4n) is 0.219. The molecule has 0 spiro atoms. The predicted octanol–water partition coefficient (Wildman–Crippen LogP) is -0.790. The first-order valence-electron chi connectivity index (χ1n) is 1.56. The van der Waals surface area contributed by atoms with Crippen molar-refractivity contribution in [3.05, 3.63) is 6.33 Å². The highest BCUT2D eigenvalue weighted by Crippen LogP contribution is 1.56. The van der Waals surface area contributed by atoms with Gasteiger partial charge in [-0.1, -0.05) is 0 Å². The van der Waals surface area contributed by atoms with Crippen molar-refractivity contribution in [2.75, 3.05) is 0 Å². The molecule has 0 aliphatic heterocycles. The number of tetrazole rings is 1. The van der Waals surface area contributed by atoms with E-state index in [2.05, 4.69) is 15.4 Å². The van der Waals surface area contributed by atoms with Crippen LogP contribution in [0.1, 0.15) is 0 Å². The van der Waals surface area contributed by atoms with E-state index in [9.17, 15) is 0 Å². The summed E-state index contributed by atoms with van der Waals surface area (Å²) in [6, 6.07) is 0. The Morgan fingerprint density at radius 1 is 1.67 bits per heavy atom. The molecule has 4 nitrogen and oxygen atoms in total. The van der Waals surface area contributed by atoms with Crippen LogP contribution in [-0.2, 0) is 7.05 Å². The van der Waals surface area contributed by atoms with Crippen LogP contribution in [0.5, 0.6) is 0 Å². The Bertz CT molecular complexity index is 109. The van der Waals surface area contributed by atoms with Crippen molar-refractivity contribution in [2.45, 2.75) is 0 Å². The second-order valence-corrected chi connectivity index (χ2v) is 0.925. The average Bonchev–Trinajstić information content (AvgIpc) is 1.86. The molecule has 1 heterocycles. The molecule has 0 amide bonds. The molecule has 0 fully saturated rings. The van der Waals surface area contributed by atoms with Crippen LogP contribution in [-0.4, -0.2) is 20.2 Å². The highest BCUT2D eigenvalue weighted by molar-refractivity contribution is 4.30. The molecule has 0 aliphatic carbocycles. The maximum atomic E-state index is 3.61. The minimum Gasteiger partial charge on any atom is -0.168 e. The molecule has 0 radical (unpaired) electrons. The van der Waals surface area contributed by atoms with Gasteiger partial charge in [-0.25, -0.2) is 0 Å². The molecule has 0 aliphatic rings. The summed E-state index contributed by atoms with van der Waals surface area (Å²) >= 11 is 0. The zero-order valence-electron chi connectivity index (χ0n) is 3.37. The van der Waals surface area contributed by atoms with E-state index in [4.69, 9.17) is 0 Å². The summed E-state index contributed by atoms with van der Waals surface area (Å²) in [6.45, 7) is 0. The summed E-state index contributed by atoms with van der Waals surface area (Å²) in [5, 5.41) is 10.5. The largest absolute Gasteiger partial charge is 0.168 e. The van der Waals surface area contributed by atoms with E-state index in [1.54, 1.807) is 7.05 Å². The van der Waals surface area contributed by atoms with Gasteiger partial charge in [0.1, 0.15) is 0 Å². The van der Waals surface area contributed by atoms with Gasteiger partial charge in [0.05, 0.1) is 7.05 Å². The SMILES string of the molecule is Cn1ncnn1. The van der Waals surface area contributed by atoms with Gasteiger partial charge in [-0.2, -0.15) is 4.80 Å². The van der Waals surface area contributed by atoms with Gasteiger partial charge in [-0.05, 0) is 5.21 Å². The van der Waals surface area contributed by atoms with Crippen LogP contribution in [0.4, 0.5) is 0 Å². The summed E-state index contributed by atoms with van der Waals surface area (Å²) in [5.41, 5.74) is 0. The van der Waals surface area contributed by atoms with Gasteiger partial charge in [0, 0.05) is 0 Å². The van der Waals surface area contributed by atoms with E-state index in [0.717, 1.165) is 0 Å². The Hall–Kier alpha value is -0.930. The number of rotatable bonds is 0. The topological polar surface area (TPSA) is 43.6 Å². The second kappa shape index (κ2) is 1.04. The Morgan fingerprint density at radius 2 is 2.50 bits per heavy atom. The van der Waals surface area contributed by atoms with Crippen molar-refractivity contribution in [2.24, 2.45) is 7.05 Å². The van der Waals surface area contributed by atoms with Gasteiger partial charge < -0.3 is 0 Å². The molecule has 0 bridgehead atoms. The number of aryl methyl sites for hydroxylation is 1. The number of hydrogen-bond donors (Lipinski definition) is 0. The molecule has 0 atom stereocenters. The number of nitrogens with zero attached hydrogens (tertiary/aromatic N) is 4. The maximum absolute atomic E-state index is 3.61. The Kier molecular flexibility index (Phi) is 0.567. The fraction of sp³-hybridized carbons (Fsp3) is 0.500. The highest BCUT2D eigenvalue weighted by Gasteiger charge is 1.72. The lowest BCUT2D eigenvalue weighted by Gasteiger charge is -1.71. The van der Waals surface area contributed by atoms with Crippen LogP contribution in [0.3, 0.4) is 0 Å². The van der Waals surface area contributed by atoms with E-state index in [1.165, 1.54) is 11.1 Å². The van der Waals surface area contributed by atoms with Crippen molar-refractivity contribution in [3.8, 4) is 0 Å². The van der Waals surface area contributed by atoms with Crippen LogP contribution >= 0.6 is 0 Å². The minimum absolute atomic E-state index is 1.39. The summed E-state index contributed by atoms with van der Waals surface area (Å²) in [7, 11) is 1.72. The van der Waals surface area contributed by atoms with E-state index in [0.29, 0.717) is 0 Å². The quantitative estimate of drug-likeness (QED) is 0.413. The monoisotopic (exact) mass is 84.0 g/mol. The summed E-state index contributed by atoms with van der Waals surface area (Å²) in [5.74, 6) is 0. The van der Waals surface area contributed by atoms with E-state index >= 15 is 0 Å². The first kappa shape index (κ1) is 3.27. The summed E-state index contributed by atoms with van der Waals surface area (Å²) in [6.07, 6.45) is 1.39. The standard InChI is InChI=1S/C2H4N4/c1-6-4-2-3-5-6/h2H,1H3. The Balaban J connectivity index is 3.05. The highest BCUT2D eigenvalue weighted by atomic mass is 15.6. The van der Waals surface area contributed by atoms with Gasteiger partial charge >= 0.3 is 0 Å². The molecular formula is C2H4N4. The lowest BCUT2D eigenvalue weighted by Crippen LogP contribution is -1.90. The smallest absolute Gasteiger partial charge is 0.162 e. The molecule has 32 valence electrons. The Morgan fingerprint density at radius 3 is 2.67 bits per heavy atom. The zero-order chi connectivity index (χ0) is 4.41. The third-order valence-corrected chi connectivity index (χ3v) is 0.451. The van der Waals surface area contributed by atoms with Gasteiger partial charge in [0.2, 0.25) is 0 Å². The minimum atomic E-state index is 1.39.